The second-order valence-corrected chi connectivity index (χ2v) is 9.75. The Morgan fingerprint density at radius 2 is 1.82 bits per heavy atom. The van der Waals surface area contributed by atoms with E-state index in [-0.39, 0.29) is 18.0 Å². The summed E-state index contributed by atoms with van der Waals surface area (Å²) in [6.07, 6.45) is 5.00. The molecule has 1 fully saturated rings. The van der Waals surface area contributed by atoms with Gasteiger partial charge in [-0.25, -0.2) is 0 Å². The van der Waals surface area contributed by atoms with Crippen molar-refractivity contribution in [3.63, 3.8) is 0 Å². The van der Waals surface area contributed by atoms with E-state index in [2.05, 4.69) is 44.3 Å². The first-order chi connectivity index (χ1) is 19.1. The first-order valence-electron chi connectivity index (χ1n) is 13.3. The standard InChI is InChI=1S/C31H33N5O2S/c1-3-22-10-5-6-11-25(22)33-28(37)18-21-36-30(29(34-31(36)39)26-12-7-8-19-32-26)27-13-9-20-35(27)23-14-16-24(17-15-23)38-4-2/h5-17,19-20,29-30H,3-4,18,21H2,1-2H3,(H,33,37)(H,34,39)/t29-,30-/m1/s1. The predicted octanol–water partition coefficient (Wildman–Crippen LogP) is 5.83. The highest BCUT2D eigenvalue weighted by atomic mass is 32.1. The molecular formula is C31H33N5O2S. The smallest absolute Gasteiger partial charge is 0.226 e. The maximum absolute atomic E-state index is 13.0. The van der Waals surface area contributed by atoms with Gasteiger partial charge in [-0.05, 0) is 85.7 Å². The summed E-state index contributed by atoms with van der Waals surface area (Å²) in [6.45, 7) is 5.15. The van der Waals surface area contributed by atoms with Crippen LogP contribution in [-0.2, 0) is 11.2 Å². The topological polar surface area (TPSA) is 71.4 Å². The summed E-state index contributed by atoms with van der Waals surface area (Å²) in [5.41, 5.74) is 4.95. The Hall–Kier alpha value is -4.17. The highest BCUT2D eigenvalue weighted by Gasteiger charge is 2.41. The van der Waals surface area contributed by atoms with Gasteiger partial charge in [0.1, 0.15) is 5.75 Å². The minimum absolute atomic E-state index is 0.0411. The summed E-state index contributed by atoms with van der Waals surface area (Å²) in [4.78, 5) is 19.8. The SMILES string of the molecule is CCOc1ccc(-n2cccc2[C@@H]2[C@@H](c3ccccn3)NC(=S)N2CCC(=O)Nc2ccccc2CC)cc1. The Labute approximate surface area is 234 Å². The third-order valence-electron chi connectivity index (χ3n) is 6.96. The van der Waals surface area contributed by atoms with E-state index in [1.165, 1.54) is 0 Å². The Balaban J connectivity index is 1.42. The summed E-state index contributed by atoms with van der Waals surface area (Å²) in [6, 6.07) is 25.7. The number of ether oxygens (including phenoxy) is 1. The molecule has 2 N–H and O–H groups in total. The van der Waals surface area contributed by atoms with Gasteiger partial charge >= 0.3 is 0 Å². The minimum Gasteiger partial charge on any atom is -0.494 e. The number of para-hydroxylation sites is 1. The normalized spacial score (nSPS) is 16.7. The second-order valence-electron chi connectivity index (χ2n) is 9.36. The van der Waals surface area contributed by atoms with Gasteiger partial charge in [-0.1, -0.05) is 31.2 Å². The van der Waals surface area contributed by atoms with Crippen molar-refractivity contribution < 1.29 is 9.53 Å². The van der Waals surface area contributed by atoms with E-state index < -0.39 is 0 Å². The molecule has 8 heteroatoms. The van der Waals surface area contributed by atoms with Gasteiger partial charge in [0.15, 0.2) is 5.11 Å². The fourth-order valence-corrected chi connectivity index (χ4v) is 5.42. The quantitative estimate of drug-likeness (QED) is 0.247. The lowest BCUT2D eigenvalue weighted by Crippen LogP contribution is -2.33. The highest BCUT2D eigenvalue weighted by molar-refractivity contribution is 7.80. The number of rotatable bonds is 10. The van der Waals surface area contributed by atoms with Gasteiger partial charge in [-0.2, -0.15) is 0 Å². The zero-order chi connectivity index (χ0) is 27.2. The molecule has 3 heterocycles. The number of hydrogen-bond donors (Lipinski definition) is 2. The lowest BCUT2D eigenvalue weighted by atomic mass is 10.0. The average Bonchev–Trinajstić information content (AvgIpc) is 3.57. The van der Waals surface area contributed by atoms with Gasteiger partial charge in [0.05, 0.1) is 24.4 Å². The van der Waals surface area contributed by atoms with Gasteiger partial charge in [-0.15, -0.1) is 0 Å². The van der Waals surface area contributed by atoms with Crippen LogP contribution in [0.1, 0.15) is 49.3 Å². The van der Waals surface area contributed by atoms with Crippen molar-refractivity contribution in [2.45, 2.75) is 38.8 Å². The molecule has 7 nitrogen and oxygen atoms in total. The number of carbonyl (C=O) groups is 1. The average molecular weight is 540 g/mol. The fraction of sp³-hybridized carbons (Fsp3) is 0.258. The number of aryl methyl sites for hydroxylation is 1. The van der Waals surface area contributed by atoms with Gasteiger partial charge in [0.2, 0.25) is 5.91 Å². The zero-order valence-corrected chi connectivity index (χ0v) is 23.0. The van der Waals surface area contributed by atoms with E-state index in [9.17, 15) is 4.79 Å². The molecule has 4 aromatic rings. The number of thiocarbonyl (C=S) groups is 1. The summed E-state index contributed by atoms with van der Waals surface area (Å²) >= 11 is 5.83. The van der Waals surface area contributed by atoms with Crippen LogP contribution >= 0.6 is 12.2 Å². The number of benzene rings is 2. The number of carbonyl (C=O) groups excluding carboxylic acids is 1. The molecule has 1 aliphatic rings. The molecule has 0 unspecified atom stereocenters. The van der Waals surface area contributed by atoms with Crippen molar-refractivity contribution in [1.29, 1.82) is 0 Å². The number of hydrogen-bond acceptors (Lipinski definition) is 4. The van der Waals surface area contributed by atoms with Gasteiger partial charge in [0, 0.05) is 42.4 Å². The van der Waals surface area contributed by atoms with Crippen LogP contribution in [0, 0.1) is 0 Å². The van der Waals surface area contributed by atoms with Crippen LogP contribution in [0.5, 0.6) is 5.75 Å². The maximum atomic E-state index is 13.0. The highest BCUT2D eigenvalue weighted by Crippen LogP contribution is 2.39. The van der Waals surface area contributed by atoms with Crippen LogP contribution in [0.15, 0.2) is 91.3 Å². The van der Waals surface area contributed by atoms with Gasteiger partial charge < -0.3 is 24.8 Å². The molecule has 0 saturated carbocycles. The molecule has 2 atom stereocenters. The van der Waals surface area contributed by atoms with E-state index in [4.69, 9.17) is 17.0 Å². The number of nitrogens with one attached hydrogen (secondary N) is 2. The third kappa shape index (κ3) is 5.81. The van der Waals surface area contributed by atoms with Gasteiger partial charge in [0.25, 0.3) is 0 Å². The Kier molecular flexibility index (Phi) is 8.22. The van der Waals surface area contributed by atoms with Crippen LogP contribution in [0.3, 0.4) is 0 Å². The van der Waals surface area contributed by atoms with E-state index in [0.29, 0.717) is 24.7 Å². The van der Waals surface area contributed by atoms with E-state index in [1.54, 1.807) is 6.20 Å². The zero-order valence-electron chi connectivity index (χ0n) is 22.2. The maximum Gasteiger partial charge on any atom is 0.226 e. The van der Waals surface area contributed by atoms with Crippen LogP contribution < -0.4 is 15.4 Å². The molecule has 0 aliphatic carbocycles. The van der Waals surface area contributed by atoms with Crippen molar-refractivity contribution in [1.82, 2.24) is 19.8 Å². The Morgan fingerprint density at radius 1 is 1.03 bits per heavy atom. The monoisotopic (exact) mass is 539 g/mol. The van der Waals surface area contributed by atoms with E-state index >= 15 is 0 Å². The van der Waals surface area contributed by atoms with Crippen molar-refractivity contribution in [3.05, 3.63) is 108 Å². The summed E-state index contributed by atoms with van der Waals surface area (Å²) in [5.74, 6) is 0.794. The lowest BCUT2D eigenvalue weighted by Gasteiger charge is -2.29. The molecule has 200 valence electrons. The van der Waals surface area contributed by atoms with Crippen LogP contribution in [0.4, 0.5) is 5.69 Å². The first kappa shape index (κ1) is 26.4. The largest absolute Gasteiger partial charge is 0.494 e. The molecule has 1 aliphatic heterocycles. The predicted molar refractivity (Wildman–Crippen MR) is 158 cm³/mol. The molecule has 39 heavy (non-hydrogen) atoms. The molecule has 5 rings (SSSR count). The minimum atomic E-state index is -0.168. The van der Waals surface area contributed by atoms with Crippen LogP contribution in [-0.4, -0.2) is 38.6 Å². The number of aromatic nitrogens is 2. The second kappa shape index (κ2) is 12.1. The van der Waals surface area contributed by atoms with Crippen molar-refractivity contribution >= 4 is 28.9 Å². The van der Waals surface area contributed by atoms with Gasteiger partial charge in [-0.3, -0.25) is 9.78 Å². The van der Waals surface area contributed by atoms with Crippen LogP contribution in [0.25, 0.3) is 5.69 Å². The molecule has 0 bridgehead atoms. The lowest BCUT2D eigenvalue weighted by molar-refractivity contribution is -0.116. The molecular weight excluding hydrogens is 506 g/mol. The molecule has 0 spiro atoms. The van der Waals surface area contributed by atoms with E-state index in [0.717, 1.165) is 40.5 Å². The third-order valence-corrected chi connectivity index (χ3v) is 7.31. The molecule has 0 radical (unpaired) electrons. The van der Waals surface area contributed by atoms with Crippen molar-refractivity contribution in [2.75, 3.05) is 18.5 Å². The number of amides is 1. The van der Waals surface area contributed by atoms with Crippen molar-refractivity contribution in [3.8, 4) is 11.4 Å². The molecule has 2 aromatic heterocycles. The van der Waals surface area contributed by atoms with Crippen molar-refractivity contribution in [2.24, 2.45) is 0 Å². The summed E-state index contributed by atoms with van der Waals surface area (Å²) < 4.78 is 7.80. The first-order valence-corrected chi connectivity index (χ1v) is 13.8. The Morgan fingerprint density at radius 3 is 2.56 bits per heavy atom. The Bertz CT molecular complexity index is 1420. The van der Waals surface area contributed by atoms with Crippen LogP contribution in [0.2, 0.25) is 0 Å². The molecule has 2 aromatic carbocycles. The number of nitrogens with zero attached hydrogens (tertiary/aromatic N) is 3. The molecule has 1 saturated heterocycles. The van der Waals surface area contributed by atoms with E-state index in [1.807, 2.05) is 79.7 Å². The summed E-state index contributed by atoms with van der Waals surface area (Å²) in [7, 11) is 0. The molecule has 1 amide bonds. The number of pyridine rings is 1. The number of anilines is 1. The fourth-order valence-electron chi connectivity index (χ4n) is 5.09. The summed E-state index contributed by atoms with van der Waals surface area (Å²) in [5, 5.41) is 7.18.